The Hall–Kier alpha value is -3.52. The summed E-state index contributed by atoms with van der Waals surface area (Å²) >= 11 is 0. The molecule has 0 spiro atoms. The lowest BCUT2D eigenvalue weighted by Gasteiger charge is -2.24. The molecule has 0 aromatic carbocycles. The van der Waals surface area contributed by atoms with Gasteiger partial charge in [-0.05, 0) is 66.2 Å². The standard InChI is InChI=1S/C17H32N2O5.C14H22N2O5/c1-12(2)11-14(20)19-13(15(21)23-6)9-7-8-10-18-16(22)24-17(3,4)5;1-14(2,6-9-17)21-10-7-15-11(18)5-8-16-12(19)3-4-13(16)20/h12-13H,7-11H2,1-6H3,(H,18,22)(H,19,20);3-4,17H,5-10H2,1-2H3,(H,15,18). The molecular weight excluding hydrogens is 588 g/mol. The van der Waals surface area contributed by atoms with Crippen molar-refractivity contribution in [2.45, 2.75) is 104 Å². The Balaban J connectivity index is 0.000000867. The molecule has 1 heterocycles. The minimum absolute atomic E-state index is 0.0469. The fraction of sp³-hybridized carbons (Fsp3) is 0.742. The van der Waals surface area contributed by atoms with Gasteiger partial charge in [-0.2, -0.15) is 0 Å². The number of rotatable bonds is 18. The second-order valence-corrected chi connectivity index (χ2v) is 12.5. The van der Waals surface area contributed by atoms with Gasteiger partial charge in [0, 0.05) is 51.2 Å². The molecule has 0 aromatic rings. The van der Waals surface area contributed by atoms with Crippen LogP contribution in [0.2, 0.25) is 0 Å². The number of carbonyl (C=O) groups is 6. The average Bonchev–Trinajstić information content (AvgIpc) is 3.24. The molecule has 45 heavy (non-hydrogen) atoms. The summed E-state index contributed by atoms with van der Waals surface area (Å²) in [5, 5.41) is 16.9. The van der Waals surface area contributed by atoms with Gasteiger partial charge in [0.15, 0.2) is 0 Å². The summed E-state index contributed by atoms with van der Waals surface area (Å²) in [6.45, 7) is 14.3. The fourth-order valence-electron chi connectivity index (χ4n) is 3.81. The minimum Gasteiger partial charge on any atom is -0.467 e. The average molecular weight is 643 g/mol. The number of amides is 5. The summed E-state index contributed by atoms with van der Waals surface area (Å²) in [7, 11) is 1.30. The van der Waals surface area contributed by atoms with Gasteiger partial charge in [0.25, 0.3) is 11.8 Å². The van der Waals surface area contributed by atoms with Crippen molar-refractivity contribution in [2.75, 3.05) is 40.0 Å². The van der Waals surface area contributed by atoms with Crippen LogP contribution in [0.15, 0.2) is 12.2 Å². The number of unbranched alkanes of at least 4 members (excludes halogenated alkanes) is 1. The van der Waals surface area contributed by atoms with Crippen molar-refractivity contribution in [1.29, 1.82) is 0 Å². The Morgan fingerprint density at radius 1 is 0.933 bits per heavy atom. The molecule has 1 unspecified atom stereocenters. The Labute approximate surface area is 267 Å². The van der Waals surface area contributed by atoms with E-state index in [4.69, 9.17) is 19.3 Å². The molecule has 0 aliphatic carbocycles. The first-order chi connectivity index (χ1) is 20.9. The monoisotopic (exact) mass is 642 g/mol. The number of esters is 1. The van der Waals surface area contributed by atoms with Crippen LogP contribution in [-0.2, 0) is 38.2 Å². The molecule has 258 valence electrons. The van der Waals surface area contributed by atoms with Crippen molar-refractivity contribution < 1.29 is 48.1 Å². The molecule has 14 heteroatoms. The zero-order valence-electron chi connectivity index (χ0n) is 28.2. The molecule has 0 saturated carbocycles. The number of hydrogen-bond acceptors (Lipinski definition) is 10. The number of alkyl carbamates (subject to hydrolysis) is 1. The van der Waals surface area contributed by atoms with Gasteiger partial charge in [-0.3, -0.25) is 24.1 Å². The molecule has 14 nitrogen and oxygen atoms in total. The highest BCUT2D eigenvalue weighted by Crippen LogP contribution is 2.13. The van der Waals surface area contributed by atoms with Crippen molar-refractivity contribution in [2.24, 2.45) is 5.92 Å². The van der Waals surface area contributed by atoms with Crippen LogP contribution in [0.3, 0.4) is 0 Å². The first-order valence-electron chi connectivity index (χ1n) is 15.3. The highest BCUT2D eigenvalue weighted by molar-refractivity contribution is 6.13. The molecule has 1 aliphatic heterocycles. The Morgan fingerprint density at radius 3 is 2.09 bits per heavy atom. The number of hydrogen-bond donors (Lipinski definition) is 4. The van der Waals surface area contributed by atoms with E-state index in [9.17, 15) is 28.8 Å². The third-order valence-corrected chi connectivity index (χ3v) is 6.10. The molecule has 1 rings (SSSR count). The van der Waals surface area contributed by atoms with Gasteiger partial charge < -0.3 is 35.3 Å². The van der Waals surface area contributed by atoms with E-state index in [-0.39, 0.29) is 49.1 Å². The topological polar surface area (TPSA) is 190 Å². The van der Waals surface area contributed by atoms with Crippen LogP contribution >= 0.6 is 0 Å². The van der Waals surface area contributed by atoms with Crippen LogP contribution in [0.4, 0.5) is 4.79 Å². The lowest BCUT2D eigenvalue weighted by Crippen LogP contribution is -2.42. The van der Waals surface area contributed by atoms with Crippen LogP contribution in [0.25, 0.3) is 0 Å². The van der Waals surface area contributed by atoms with Crippen molar-refractivity contribution >= 4 is 35.7 Å². The van der Waals surface area contributed by atoms with Crippen LogP contribution in [0, 0.1) is 5.92 Å². The van der Waals surface area contributed by atoms with Gasteiger partial charge in [-0.25, -0.2) is 9.59 Å². The van der Waals surface area contributed by atoms with E-state index in [1.165, 1.54) is 19.3 Å². The third kappa shape index (κ3) is 21.0. The van der Waals surface area contributed by atoms with Gasteiger partial charge in [0.05, 0.1) is 19.3 Å². The molecule has 0 radical (unpaired) electrons. The Kier molecular flexibility index (Phi) is 19.6. The first kappa shape index (κ1) is 41.5. The second kappa shape index (κ2) is 21.3. The van der Waals surface area contributed by atoms with Crippen LogP contribution in [0.1, 0.15) is 87.0 Å². The van der Waals surface area contributed by atoms with Crippen molar-refractivity contribution in [3.63, 3.8) is 0 Å². The number of aliphatic hydroxyl groups excluding tert-OH is 1. The molecule has 0 bridgehead atoms. The van der Waals surface area contributed by atoms with E-state index < -0.39 is 29.3 Å². The highest BCUT2D eigenvalue weighted by atomic mass is 16.6. The van der Waals surface area contributed by atoms with E-state index in [2.05, 4.69) is 16.0 Å². The zero-order valence-corrected chi connectivity index (χ0v) is 28.2. The van der Waals surface area contributed by atoms with Crippen molar-refractivity contribution in [3.05, 3.63) is 12.2 Å². The number of aliphatic hydroxyl groups is 1. The molecule has 1 atom stereocenters. The quantitative estimate of drug-likeness (QED) is 0.0977. The molecular formula is C31H54N4O10. The summed E-state index contributed by atoms with van der Waals surface area (Å²) in [4.78, 5) is 70.2. The number of nitrogens with one attached hydrogen (secondary N) is 3. The maximum Gasteiger partial charge on any atom is 0.407 e. The summed E-state index contributed by atoms with van der Waals surface area (Å²) in [6.07, 6.45) is 4.68. The van der Waals surface area contributed by atoms with Crippen molar-refractivity contribution in [1.82, 2.24) is 20.9 Å². The largest absolute Gasteiger partial charge is 0.467 e. The summed E-state index contributed by atoms with van der Waals surface area (Å²) in [5.41, 5.74) is -0.958. The van der Waals surface area contributed by atoms with Gasteiger partial charge in [-0.1, -0.05) is 13.8 Å². The molecule has 4 N–H and O–H groups in total. The SMILES string of the molecule is CC(C)(CCO)OCCNC(=O)CCN1C(=O)C=CC1=O.COC(=O)C(CCCCNC(=O)OC(C)(C)C)NC(=O)CC(C)C. The Bertz CT molecular complexity index is 987. The van der Waals surface area contributed by atoms with E-state index in [1.54, 1.807) is 20.8 Å². The van der Waals surface area contributed by atoms with E-state index in [1.807, 2.05) is 27.7 Å². The maximum atomic E-state index is 11.8. The normalized spacial score (nSPS) is 13.6. The van der Waals surface area contributed by atoms with Crippen LogP contribution in [-0.4, -0.2) is 103 Å². The van der Waals surface area contributed by atoms with Gasteiger partial charge in [0.1, 0.15) is 11.6 Å². The molecule has 0 aromatic heterocycles. The first-order valence-corrected chi connectivity index (χ1v) is 15.3. The van der Waals surface area contributed by atoms with Gasteiger partial charge in [-0.15, -0.1) is 0 Å². The minimum atomic E-state index is -0.650. The molecule has 0 fully saturated rings. The van der Waals surface area contributed by atoms with Crippen molar-refractivity contribution in [3.8, 4) is 0 Å². The molecule has 1 aliphatic rings. The van der Waals surface area contributed by atoms with E-state index in [0.717, 1.165) is 4.90 Å². The molecule has 0 saturated heterocycles. The smallest absolute Gasteiger partial charge is 0.407 e. The maximum absolute atomic E-state index is 11.8. The third-order valence-electron chi connectivity index (χ3n) is 6.10. The number of ether oxygens (including phenoxy) is 3. The summed E-state index contributed by atoms with van der Waals surface area (Å²) in [5.74, 6) is -1.41. The van der Waals surface area contributed by atoms with Crippen LogP contribution in [0.5, 0.6) is 0 Å². The van der Waals surface area contributed by atoms with E-state index in [0.29, 0.717) is 51.8 Å². The number of imide groups is 1. The van der Waals surface area contributed by atoms with Gasteiger partial charge in [0.2, 0.25) is 11.8 Å². The predicted octanol–water partition coefficient (Wildman–Crippen LogP) is 1.98. The highest BCUT2D eigenvalue weighted by Gasteiger charge is 2.24. The van der Waals surface area contributed by atoms with Crippen LogP contribution < -0.4 is 16.0 Å². The van der Waals surface area contributed by atoms with E-state index >= 15 is 0 Å². The zero-order chi connectivity index (χ0) is 34.6. The number of methoxy groups -OCH3 is 1. The van der Waals surface area contributed by atoms with Gasteiger partial charge >= 0.3 is 12.1 Å². The number of carbonyl (C=O) groups excluding carboxylic acids is 6. The lowest BCUT2D eigenvalue weighted by molar-refractivity contribution is -0.145. The summed E-state index contributed by atoms with van der Waals surface area (Å²) in [6, 6.07) is -0.650. The Morgan fingerprint density at radius 2 is 1.56 bits per heavy atom. The molecule has 5 amide bonds. The second-order valence-electron chi connectivity index (χ2n) is 12.5. The fourth-order valence-corrected chi connectivity index (χ4v) is 3.81. The lowest BCUT2D eigenvalue weighted by atomic mass is 10.1. The number of nitrogens with zero attached hydrogens (tertiary/aromatic N) is 1. The summed E-state index contributed by atoms with van der Waals surface area (Å²) < 4.78 is 15.4. The predicted molar refractivity (Wildman–Crippen MR) is 167 cm³/mol.